The molecule has 2 aromatic carbocycles. The van der Waals surface area contributed by atoms with Gasteiger partial charge in [-0.2, -0.15) is 0 Å². The predicted octanol–water partition coefficient (Wildman–Crippen LogP) is 3.76. The maximum atomic E-state index is 12.4. The van der Waals surface area contributed by atoms with E-state index in [-0.39, 0.29) is 35.2 Å². The molecule has 0 unspecified atom stereocenters. The van der Waals surface area contributed by atoms with Crippen molar-refractivity contribution in [1.82, 2.24) is 0 Å². The Bertz CT molecular complexity index is 853. The maximum absolute atomic E-state index is 12.4. The number of para-hydroxylation sites is 1. The van der Waals surface area contributed by atoms with E-state index in [1.807, 2.05) is 0 Å². The predicted molar refractivity (Wildman–Crippen MR) is 94.4 cm³/mol. The number of benzene rings is 2. The molecule has 128 valence electrons. The molecule has 1 fully saturated rings. The first-order valence-electron chi connectivity index (χ1n) is 7.51. The molecule has 7 heteroatoms. The van der Waals surface area contributed by atoms with Gasteiger partial charge in [0.05, 0.1) is 27.2 Å². The second-order valence-electron chi connectivity index (χ2n) is 5.56. The summed E-state index contributed by atoms with van der Waals surface area (Å²) in [7, 11) is 0. The third-order valence-corrected chi connectivity index (χ3v) is 4.75. The number of esters is 1. The van der Waals surface area contributed by atoms with Crippen molar-refractivity contribution in [2.45, 2.75) is 6.42 Å². The average molecular weight is 378 g/mol. The minimum absolute atomic E-state index is 0.00489. The van der Waals surface area contributed by atoms with Crippen LogP contribution in [-0.4, -0.2) is 24.7 Å². The summed E-state index contributed by atoms with van der Waals surface area (Å²) in [4.78, 5) is 37.1. The zero-order valence-corrected chi connectivity index (χ0v) is 14.5. The van der Waals surface area contributed by atoms with Crippen LogP contribution in [0.5, 0.6) is 5.75 Å². The first kappa shape index (κ1) is 17.5. The van der Waals surface area contributed by atoms with Crippen LogP contribution in [0.1, 0.15) is 16.8 Å². The standard InChI is InChI=1S/C18H13Cl2NO4/c19-13-5-3-6-14(17(13)20)21-9-12(8-16(21)23)18(24)25-15-7-2-1-4-11(15)10-22/h1-7,10,12H,8-9H2/t12-/m1/s1. The van der Waals surface area contributed by atoms with Crippen molar-refractivity contribution in [2.75, 3.05) is 11.4 Å². The number of hydrogen-bond donors (Lipinski definition) is 0. The van der Waals surface area contributed by atoms with Crippen molar-refractivity contribution in [3.63, 3.8) is 0 Å². The Kier molecular flexibility index (Phi) is 5.06. The van der Waals surface area contributed by atoms with Crippen LogP contribution in [-0.2, 0) is 9.59 Å². The van der Waals surface area contributed by atoms with Crippen molar-refractivity contribution >= 4 is 47.1 Å². The fourth-order valence-corrected chi connectivity index (χ4v) is 3.06. The van der Waals surface area contributed by atoms with E-state index in [1.54, 1.807) is 36.4 Å². The molecule has 1 saturated heterocycles. The summed E-state index contributed by atoms with van der Waals surface area (Å²) >= 11 is 12.1. The van der Waals surface area contributed by atoms with Crippen LogP contribution in [0.25, 0.3) is 0 Å². The molecule has 1 heterocycles. The third kappa shape index (κ3) is 3.52. The Labute approximate surface area is 154 Å². The first-order valence-corrected chi connectivity index (χ1v) is 8.27. The van der Waals surface area contributed by atoms with Gasteiger partial charge in [0.2, 0.25) is 5.91 Å². The topological polar surface area (TPSA) is 63.7 Å². The van der Waals surface area contributed by atoms with Crippen molar-refractivity contribution < 1.29 is 19.1 Å². The van der Waals surface area contributed by atoms with Gasteiger partial charge in [-0.1, -0.05) is 41.4 Å². The summed E-state index contributed by atoms with van der Waals surface area (Å²) < 4.78 is 5.30. The molecule has 1 amide bonds. The van der Waals surface area contributed by atoms with Crippen LogP contribution >= 0.6 is 23.2 Å². The van der Waals surface area contributed by atoms with E-state index in [1.165, 1.54) is 11.0 Å². The molecule has 0 aliphatic carbocycles. The van der Waals surface area contributed by atoms with Crippen LogP contribution in [0.2, 0.25) is 10.0 Å². The van der Waals surface area contributed by atoms with Crippen LogP contribution in [0.15, 0.2) is 42.5 Å². The smallest absolute Gasteiger partial charge is 0.316 e. The molecule has 0 radical (unpaired) electrons. The molecule has 0 saturated carbocycles. The molecule has 0 bridgehead atoms. The highest BCUT2D eigenvalue weighted by Crippen LogP contribution is 2.36. The summed E-state index contributed by atoms with van der Waals surface area (Å²) in [5.41, 5.74) is 0.734. The number of anilines is 1. The van der Waals surface area contributed by atoms with Gasteiger partial charge in [0.1, 0.15) is 5.75 Å². The van der Waals surface area contributed by atoms with Gasteiger partial charge in [-0.3, -0.25) is 14.4 Å². The van der Waals surface area contributed by atoms with Gasteiger partial charge in [0, 0.05) is 13.0 Å². The van der Waals surface area contributed by atoms with Crippen LogP contribution in [0.4, 0.5) is 5.69 Å². The normalized spacial score (nSPS) is 16.8. The number of carbonyl (C=O) groups excluding carboxylic acids is 3. The first-order chi connectivity index (χ1) is 12.0. The molecule has 1 aliphatic heterocycles. The number of aldehydes is 1. The van der Waals surface area contributed by atoms with Gasteiger partial charge in [-0.25, -0.2) is 0 Å². The van der Waals surface area contributed by atoms with E-state index in [4.69, 9.17) is 27.9 Å². The second-order valence-corrected chi connectivity index (χ2v) is 6.34. The van der Waals surface area contributed by atoms with E-state index in [0.717, 1.165) is 0 Å². The fourth-order valence-electron chi connectivity index (χ4n) is 2.66. The molecule has 3 rings (SSSR count). The minimum atomic E-state index is -0.651. The largest absolute Gasteiger partial charge is 0.425 e. The molecule has 1 aliphatic rings. The SMILES string of the molecule is O=Cc1ccccc1OC(=O)[C@@H]1CC(=O)N(c2cccc(Cl)c2Cl)C1. The monoisotopic (exact) mass is 377 g/mol. The molecule has 0 spiro atoms. The fraction of sp³-hybridized carbons (Fsp3) is 0.167. The van der Waals surface area contributed by atoms with E-state index < -0.39 is 11.9 Å². The number of carbonyl (C=O) groups is 3. The molecular weight excluding hydrogens is 365 g/mol. The van der Waals surface area contributed by atoms with Gasteiger partial charge in [0.25, 0.3) is 0 Å². The lowest BCUT2D eigenvalue weighted by atomic mass is 10.1. The van der Waals surface area contributed by atoms with Gasteiger partial charge in [-0.05, 0) is 24.3 Å². The maximum Gasteiger partial charge on any atom is 0.316 e. The quantitative estimate of drug-likeness (QED) is 0.462. The van der Waals surface area contributed by atoms with Crippen molar-refractivity contribution in [2.24, 2.45) is 5.92 Å². The highest BCUT2D eigenvalue weighted by atomic mass is 35.5. The van der Waals surface area contributed by atoms with Crippen molar-refractivity contribution in [1.29, 1.82) is 0 Å². The number of nitrogens with zero attached hydrogens (tertiary/aromatic N) is 1. The molecular formula is C18H13Cl2NO4. The zero-order valence-electron chi connectivity index (χ0n) is 12.9. The Balaban J connectivity index is 1.77. The van der Waals surface area contributed by atoms with Crippen LogP contribution < -0.4 is 9.64 Å². The second kappa shape index (κ2) is 7.25. The highest BCUT2D eigenvalue weighted by Gasteiger charge is 2.37. The summed E-state index contributed by atoms with van der Waals surface area (Å²) in [5.74, 6) is -1.28. The molecule has 0 aromatic heterocycles. The van der Waals surface area contributed by atoms with E-state index in [2.05, 4.69) is 0 Å². The number of rotatable bonds is 4. The van der Waals surface area contributed by atoms with E-state index in [9.17, 15) is 14.4 Å². The van der Waals surface area contributed by atoms with E-state index in [0.29, 0.717) is 17.0 Å². The Morgan fingerprint density at radius 1 is 1.16 bits per heavy atom. The summed E-state index contributed by atoms with van der Waals surface area (Å²) in [5, 5.41) is 0.593. The molecule has 25 heavy (non-hydrogen) atoms. The number of halogens is 2. The average Bonchev–Trinajstić information content (AvgIpc) is 2.99. The number of hydrogen-bond acceptors (Lipinski definition) is 4. The summed E-state index contributed by atoms with van der Waals surface area (Å²) in [6.45, 7) is 0.140. The van der Waals surface area contributed by atoms with Gasteiger partial charge >= 0.3 is 5.97 Å². The number of ether oxygens (including phenoxy) is 1. The van der Waals surface area contributed by atoms with E-state index >= 15 is 0 Å². The van der Waals surface area contributed by atoms with Gasteiger partial charge in [-0.15, -0.1) is 0 Å². The Morgan fingerprint density at radius 2 is 1.92 bits per heavy atom. The lowest BCUT2D eigenvalue weighted by Crippen LogP contribution is -2.27. The van der Waals surface area contributed by atoms with Crippen molar-refractivity contribution in [3.05, 3.63) is 58.1 Å². The zero-order chi connectivity index (χ0) is 18.0. The molecule has 5 nitrogen and oxygen atoms in total. The molecule has 2 aromatic rings. The van der Waals surface area contributed by atoms with Crippen LogP contribution in [0.3, 0.4) is 0 Å². The third-order valence-electron chi connectivity index (χ3n) is 3.94. The summed E-state index contributed by atoms with van der Waals surface area (Å²) in [6, 6.07) is 11.4. The molecule has 0 N–H and O–H groups in total. The lowest BCUT2D eigenvalue weighted by molar-refractivity contribution is -0.139. The van der Waals surface area contributed by atoms with Gasteiger partial charge in [0.15, 0.2) is 6.29 Å². The van der Waals surface area contributed by atoms with Crippen molar-refractivity contribution in [3.8, 4) is 5.75 Å². The lowest BCUT2D eigenvalue weighted by Gasteiger charge is -2.18. The summed E-state index contributed by atoms with van der Waals surface area (Å²) in [6.07, 6.45) is 0.616. The Morgan fingerprint density at radius 3 is 2.68 bits per heavy atom. The molecule has 1 atom stereocenters. The minimum Gasteiger partial charge on any atom is -0.425 e. The highest BCUT2D eigenvalue weighted by molar-refractivity contribution is 6.44. The Hall–Kier alpha value is -2.37. The van der Waals surface area contributed by atoms with Gasteiger partial charge < -0.3 is 9.64 Å². The van der Waals surface area contributed by atoms with Crippen LogP contribution in [0, 0.1) is 5.92 Å². The number of amides is 1.